The van der Waals surface area contributed by atoms with E-state index in [0.29, 0.717) is 18.5 Å². The van der Waals surface area contributed by atoms with Crippen molar-refractivity contribution in [1.82, 2.24) is 19.6 Å². The number of hydrogen-bond acceptors (Lipinski definition) is 5. The zero-order chi connectivity index (χ0) is 22.7. The van der Waals surface area contributed by atoms with Crippen molar-refractivity contribution in [3.8, 4) is 22.4 Å². The molecule has 1 aliphatic carbocycles. The van der Waals surface area contributed by atoms with Crippen LogP contribution in [0, 0.1) is 12.7 Å². The lowest BCUT2D eigenvalue weighted by atomic mass is 9.70. The molecule has 0 amide bonds. The van der Waals surface area contributed by atoms with Gasteiger partial charge in [-0.15, -0.1) is 0 Å². The fraction of sp³-hybridized carbons (Fsp3) is 0.192. The van der Waals surface area contributed by atoms with Gasteiger partial charge in [-0.05, 0) is 49.1 Å². The molecule has 3 heterocycles. The lowest BCUT2D eigenvalue weighted by Gasteiger charge is -2.42. The first-order valence-electron chi connectivity index (χ1n) is 10.9. The third kappa shape index (κ3) is 3.28. The van der Waals surface area contributed by atoms with E-state index in [9.17, 15) is 9.50 Å². The monoisotopic (exact) mass is 439 g/mol. The third-order valence-electron chi connectivity index (χ3n) is 6.47. The van der Waals surface area contributed by atoms with Crippen LogP contribution in [0.4, 0.5) is 4.39 Å². The van der Waals surface area contributed by atoms with E-state index in [1.807, 2.05) is 43.3 Å². The van der Waals surface area contributed by atoms with Gasteiger partial charge >= 0.3 is 0 Å². The Labute approximate surface area is 189 Å². The lowest BCUT2D eigenvalue weighted by Crippen LogP contribution is -2.51. The average Bonchev–Trinajstić information content (AvgIpc) is 3.19. The normalized spacial score (nSPS) is 20.3. The summed E-state index contributed by atoms with van der Waals surface area (Å²) in [5.74, 6) is -0.287. The molecule has 1 saturated carbocycles. The first-order chi connectivity index (χ1) is 15.9. The highest BCUT2D eigenvalue weighted by Crippen LogP contribution is 2.40. The Bertz CT molecular complexity index is 1500. The van der Waals surface area contributed by atoms with Crippen molar-refractivity contribution < 1.29 is 9.50 Å². The summed E-state index contributed by atoms with van der Waals surface area (Å²) in [5, 5.41) is 15.1. The Kier molecular flexibility index (Phi) is 4.33. The molecule has 6 nitrogen and oxygen atoms in total. The zero-order valence-corrected chi connectivity index (χ0v) is 18.0. The van der Waals surface area contributed by atoms with Crippen LogP contribution in [0.2, 0.25) is 0 Å². The molecule has 0 radical (unpaired) electrons. The molecule has 7 heteroatoms. The zero-order valence-electron chi connectivity index (χ0n) is 18.0. The number of hydrogen-bond donors (Lipinski definition) is 2. The SMILES string of the molecule is Cc1cc2ncc3cc(-c4ccc(F)cc4)c(-c4ccc(C5(N)CC(O)C5)cc4)nc3n2n1. The fourth-order valence-corrected chi connectivity index (χ4v) is 4.70. The minimum absolute atomic E-state index is 0.287. The van der Waals surface area contributed by atoms with Crippen LogP contribution in [0.1, 0.15) is 24.1 Å². The molecule has 1 fully saturated rings. The maximum atomic E-state index is 13.6. The van der Waals surface area contributed by atoms with Crippen LogP contribution in [0.3, 0.4) is 0 Å². The van der Waals surface area contributed by atoms with E-state index < -0.39 is 5.54 Å². The second-order valence-corrected chi connectivity index (χ2v) is 8.91. The summed E-state index contributed by atoms with van der Waals surface area (Å²) >= 11 is 0. The summed E-state index contributed by atoms with van der Waals surface area (Å²) in [6.07, 6.45) is 2.57. The predicted octanol–water partition coefficient (Wildman–Crippen LogP) is 4.37. The highest BCUT2D eigenvalue weighted by atomic mass is 19.1. The van der Waals surface area contributed by atoms with Gasteiger partial charge in [0.25, 0.3) is 0 Å². The van der Waals surface area contributed by atoms with E-state index >= 15 is 0 Å². The first-order valence-corrected chi connectivity index (χ1v) is 10.9. The molecule has 0 aliphatic heterocycles. The van der Waals surface area contributed by atoms with E-state index in [0.717, 1.165) is 44.7 Å². The number of fused-ring (bicyclic) bond motifs is 3. The van der Waals surface area contributed by atoms with Gasteiger partial charge in [0, 0.05) is 34.3 Å². The first kappa shape index (κ1) is 20.0. The molecule has 0 atom stereocenters. The standard InChI is InChI=1S/C26H22FN5O/c1-15-10-23-29-14-18-11-22(16-4-8-20(27)9-5-16)24(30-25(18)32(23)31-15)17-2-6-19(7-3-17)26(28)12-21(33)13-26/h2-11,14,21,33H,12-13,28H2,1H3. The summed E-state index contributed by atoms with van der Waals surface area (Å²) in [7, 11) is 0. The van der Waals surface area contributed by atoms with Crippen molar-refractivity contribution in [2.24, 2.45) is 5.73 Å². The summed E-state index contributed by atoms with van der Waals surface area (Å²) in [6, 6.07) is 18.4. The number of aromatic nitrogens is 4. The number of rotatable bonds is 3. The van der Waals surface area contributed by atoms with E-state index in [-0.39, 0.29) is 11.9 Å². The van der Waals surface area contributed by atoms with Crippen molar-refractivity contribution in [3.05, 3.63) is 83.9 Å². The second-order valence-electron chi connectivity index (χ2n) is 8.91. The van der Waals surface area contributed by atoms with Gasteiger partial charge in [0.1, 0.15) is 5.82 Å². The third-order valence-corrected chi connectivity index (χ3v) is 6.47. The van der Waals surface area contributed by atoms with Crippen molar-refractivity contribution >= 4 is 16.7 Å². The summed E-state index contributed by atoms with van der Waals surface area (Å²) < 4.78 is 15.4. The number of aliphatic hydroxyl groups is 1. The lowest BCUT2D eigenvalue weighted by molar-refractivity contribution is 0.0209. The van der Waals surface area contributed by atoms with Gasteiger partial charge in [-0.25, -0.2) is 14.4 Å². The van der Waals surface area contributed by atoms with E-state index in [2.05, 4.69) is 10.1 Å². The minimum atomic E-state index is -0.487. The predicted molar refractivity (Wildman–Crippen MR) is 125 cm³/mol. The smallest absolute Gasteiger partial charge is 0.165 e. The molecular weight excluding hydrogens is 417 g/mol. The van der Waals surface area contributed by atoms with Crippen molar-refractivity contribution in [2.75, 3.05) is 0 Å². The largest absolute Gasteiger partial charge is 0.393 e. The Balaban J connectivity index is 1.55. The Morgan fingerprint density at radius 2 is 1.73 bits per heavy atom. The molecule has 0 bridgehead atoms. The van der Waals surface area contributed by atoms with Gasteiger partial charge in [-0.2, -0.15) is 9.61 Å². The second kappa shape index (κ2) is 7.16. The Hall–Kier alpha value is -3.68. The van der Waals surface area contributed by atoms with Crippen LogP contribution in [-0.2, 0) is 5.54 Å². The van der Waals surface area contributed by atoms with Crippen LogP contribution in [-0.4, -0.2) is 30.8 Å². The molecule has 0 spiro atoms. The van der Waals surface area contributed by atoms with Crippen molar-refractivity contribution in [3.63, 3.8) is 0 Å². The number of nitrogens with two attached hydrogens (primary N) is 1. The number of pyridine rings is 1. The molecule has 6 rings (SSSR count). The number of halogens is 1. The molecule has 33 heavy (non-hydrogen) atoms. The van der Waals surface area contributed by atoms with Crippen LogP contribution in [0.15, 0.2) is 66.9 Å². The summed E-state index contributed by atoms with van der Waals surface area (Å²) in [5.41, 5.74) is 12.7. The summed E-state index contributed by atoms with van der Waals surface area (Å²) in [6.45, 7) is 1.92. The number of aliphatic hydroxyl groups excluding tert-OH is 1. The molecule has 0 unspecified atom stereocenters. The van der Waals surface area contributed by atoms with Crippen molar-refractivity contribution in [1.29, 1.82) is 0 Å². The average molecular weight is 439 g/mol. The van der Waals surface area contributed by atoms with E-state index in [4.69, 9.17) is 10.7 Å². The van der Waals surface area contributed by atoms with E-state index in [1.165, 1.54) is 12.1 Å². The van der Waals surface area contributed by atoms with Gasteiger partial charge in [-0.3, -0.25) is 0 Å². The van der Waals surface area contributed by atoms with Crippen LogP contribution in [0.5, 0.6) is 0 Å². The van der Waals surface area contributed by atoms with Crippen LogP contribution in [0.25, 0.3) is 39.1 Å². The molecule has 5 aromatic rings. The molecule has 3 aromatic heterocycles. The Morgan fingerprint density at radius 3 is 2.42 bits per heavy atom. The number of aryl methyl sites for hydroxylation is 1. The molecule has 3 N–H and O–H groups in total. The summed E-state index contributed by atoms with van der Waals surface area (Å²) in [4.78, 5) is 9.53. The van der Waals surface area contributed by atoms with Gasteiger partial charge < -0.3 is 10.8 Å². The number of nitrogens with zero attached hydrogens (tertiary/aromatic N) is 4. The quantitative estimate of drug-likeness (QED) is 0.436. The van der Waals surface area contributed by atoms with Crippen LogP contribution < -0.4 is 5.73 Å². The van der Waals surface area contributed by atoms with Gasteiger partial charge in [0.15, 0.2) is 11.3 Å². The molecule has 1 aliphatic rings. The van der Waals surface area contributed by atoms with Gasteiger partial charge in [-0.1, -0.05) is 36.4 Å². The maximum Gasteiger partial charge on any atom is 0.165 e. The van der Waals surface area contributed by atoms with Crippen molar-refractivity contribution in [2.45, 2.75) is 31.4 Å². The highest BCUT2D eigenvalue weighted by Gasteiger charge is 2.41. The Morgan fingerprint density at radius 1 is 1.03 bits per heavy atom. The maximum absolute atomic E-state index is 13.6. The van der Waals surface area contributed by atoms with Crippen LogP contribution >= 0.6 is 0 Å². The minimum Gasteiger partial charge on any atom is -0.393 e. The molecular formula is C26H22FN5O. The number of benzene rings is 2. The fourth-order valence-electron chi connectivity index (χ4n) is 4.70. The molecule has 0 saturated heterocycles. The van der Waals surface area contributed by atoms with Gasteiger partial charge in [0.05, 0.1) is 17.5 Å². The topological polar surface area (TPSA) is 89.3 Å². The van der Waals surface area contributed by atoms with E-state index in [1.54, 1.807) is 22.8 Å². The van der Waals surface area contributed by atoms with Gasteiger partial charge in [0.2, 0.25) is 0 Å². The highest BCUT2D eigenvalue weighted by molar-refractivity contribution is 5.90. The molecule has 2 aromatic carbocycles. The molecule has 164 valence electrons.